The zero-order valence-electron chi connectivity index (χ0n) is 14.8. The lowest BCUT2D eigenvalue weighted by Gasteiger charge is -2.38. The van der Waals surface area contributed by atoms with Crippen molar-refractivity contribution in [1.82, 2.24) is 14.7 Å². The Bertz CT molecular complexity index is 612. The van der Waals surface area contributed by atoms with Crippen LogP contribution in [0, 0.1) is 5.82 Å². The van der Waals surface area contributed by atoms with Gasteiger partial charge in [0, 0.05) is 44.3 Å². The van der Waals surface area contributed by atoms with Gasteiger partial charge in [-0.1, -0.05) is 0 Å². The van der Waals surface area contributed by atoms with E-state index in [9.17, 15) is 14.0 Å². The molecule has 0 spiro atoms. The summed E-state index contributed by atoms with van der Waals surface area (Å²) in [5, 5.41) is 0. The number of piperidine rings is 1. The summed E-state index contributed by atoms with van der Waals surface area (Å²) in [5.74, 6) is -0.215. The van der Waals surface area contributed by atoms with E-state index in [-0.39, 0.29) is 17.6 Å². The van der Waals surface area contributed by atoms with Crippen molar-refractivity contribution in [3.8, 4) is 0 Å². The van der Waals surface area contributed by atoms with Crippen molar-refractivity contribution in [2.45, 2.75) is 32.2 Å². The Morgan fingerprint density at radius 3 is 2.36 bits per heavy atom. The van der Waals surface area contributed by atoms with Crippen LogP contribution in [0.3, 0.4) is 0 Å². The van der Waals surface area contributed by atoms with Crippen LogP contribution in [0.15, 0.2) is 24.3 Å². The third kappa shape index (κ3) is 4.37. The number of nitrogens with zero attached hydrogens (tertiary/aromatic N) is 3. The van der Waals surface area contributed by atoms with Crippen LogP contribution in [0.1, 0.15) is 36.5 Å². The number of likely N-dealkylation sites (tertiary alicyclic amines) is 1. The summed E-state index contributed by atoms with van der Waals surface area (Å²) in [6.07, 6.45) is 3.39. The van der Waals surface area contributed by atoms with Crippen LogP contribution in [-0.2, 0) is 4.79 Å². The van der Waals surface area contributed by atoms with Crippen molar-refractivity contribution in [1.29, 1.82) is 0 Å². The van der Waals surface area contributed by atoms with Gasteiger partial charge in [-0.3, -0.25) is 14.5 Å². The zero-order valence-corrected chi connectivity index (χ0v) is 14.8. The minimum absolute atomic E-state index is 0.0735. The van der Waals surface area contributed by atoms with E-state index in [0.717, 1.165) is 19.4 Å². The molecule has 2 saturated heterocycles. The smallest absolute Gasteiger partial charge is 0.253 e. The van der Waals surface area contributed by atoms with Gasteiger partial charge in [0.15, 0.2) is 0 Å². The summed E-state index contributed by atoms with van der Waals surface area (Å²) in [7, 11) is 0. The molecule has 0 radical (unpaired) electrons. The number of halogens is 1. The fourth-order valence-electron chi connectivity index (χ4n) is 3.63. The molecule has 0 N–H and O–H groups in total. The molecule has 1 aromatic rings. The molecule has 2 amide bonds. The second kappa shape index (κ2) is 7.95. The lowest BCUT2D eigenvalue weighted by molar-refractivity contribution is -0.136. The second-order valence-corrected chi connectivity index (χ2v) is 7.01. The number of hydrogen-bond donors (Lipinski definition) is 0. The van der Waals surface area contributed by atoms with Crippen LogP contribution >= 0.6 is 0 Å². The number of carbonyl (C=O) groups is 2. The molecule has 2 aliphatic heterocycles. The summed E-state index contributed by atoms with van der Waals surface area (Å²) in [5.41, 5.74) is 0.507. The quantitative estimate of drug-likeness (QED) is 0.840. The van der Waals surface area contributed by atoms with E-state index in [2.05, 4.69) is 11.8 Å². The fourth-order valence-corrected chi connectivity index (χ4v) is 3.63. The van der Waals surface area contributed by atoms with Gasteiger partial charge < -0.3 is 9.80 Å². The van der Waals surface area contributed by atoms with Crippen LogP contribution in [0.4, 0.5) is 4.39 Å². The van der Waals surface area contributed by atoms with Gasteiger partial charge in [0.05, 0.1) is 6.54 Å². The largest absolute Gasteiger partial charge is 0.339 e. The average Bonchev–Trinajstić information content (AvgIpc) is 2.63. The van der Waals surface area contributed by atoms with Gasteiger partial charge in [-0.05, 0) is 50.5 Å². The van der Waals surface area contributed by atoms with Crippen LogP contribution in [0.2, 0.25) is 0 Å². The number of amides is 2. The molecule has 0 saturated carbocycles. The van der Waals surface area contributed by atoms with E-state index in [1.54, 1.807) is 4.90 Å². The molecule has 0 bridgehead atoms. The molecule has 5 nitrogen and oxygen atoms in total. The SMILES string of the molecule is CC1CCCCN1C(=O)CN1CCN(C(=O)c2ccc(F)cc2)CC1. The fraction of sp³-hybridized carbons (Fsp3) is 0.579. The van der Waals surface area contributed by atoms with Gasteiger partial charge in [0.25, 0.3) is 5.91 Å². The Hall–Kier alpha value is -1.95. The number of carbonyl (C=O) groups excluding carboxylic acids is 2. The minimum Gasteiger partial charge on any atom is -0.339 e. The highest BCUT2D eigenvalue weighted by Gasteiger charge is 2.27. The first-order chi connectivity index (χ1) is 12.0. The first kappa shape index (κ1) is 17.9. The third-order valence-electron chi connectivity index (χ3n) is 5.23. The molecule has 0 aliphatic carbocycles. The van der Waals surface area contributed by atoms with Gasteiger partial charge in [-0.25, -0.2) is 4.39 Å². The molecule has 2 heterocycles. The van der Waals surface area contributed by atoms with Gasteiger partial charge in [-0.15, -0.1) is 0 Å². The van der Waals surface area contributed by atoms with Crippen LogP contribution < -0.4 is 0 Å². The van der Waals surface area contributed by atoms with E-state index in [1.165, 1.54) is 30.7 Å². The molecular weight excluding hydrogens is 321 g/mol. The van der Waals surface area contributed by atoms with Crippen molar-refractivity contribution >= 4 is 11.8 Å². The van der Waals surface area contributed by atoms with Crippen molar-refractivity contribution in [3.05, 3.63) is 35.6 Å². The Morgan fingerprint density at radius 2 is 1.72 bits per heavy atom. The van der Waals surface area contributed by atoms with E-state index in [1.807, 2.05) is 4.90 Å². The summed E-state index contributed by atoms with van der Waals surface area (Å²) < 4.78 is 13.0. The Morgan fingerprint density at radius 1 is 1.04 bits per heavy atom. The van der Waals surface area contributed by atoms with Crippen molar-refractivity contribution in [2.75, 3.05) is 39.3 Å². The molecule has 1 atom stereocenters. The third-order valence-corrected chi connectivity index (χ3v) is 5.23. The Labute approximate surface area is 148 Å². The summed E-state index contributed by atoms with van der Waals surface area (Å²) in [6.45, 7) is 6.00. The molecule has 2 fully saturated rings. The topological polar surface area (TPSA) is 43.9 Å². The predicted octanol–water partition coefficient (Wildman–Crippen LogP) is 1.98. The van der Waals surface area contributed by atoms with E-state index >= 15 is 0 Å². The van der Waals surface area contributed by atoms with E-state index < -0.39 is 0 Å². The Kier molecular flexibility index (Phi) is 5.68. The van der Waals surface area contributed by atoms with Gasteiger partial charge in [0.1, 0.15) is 5.82 Å². The highest BCUT2D eigenvalue weighted by atomic mass is 19.1. The summed E-state index contributed by atoms with van der Waals surface area (Å²) >= 11 is 0. The first-order valence-electron chi connectivity index (χ1n) is 9.11. The summed E-state index contributed by atoms with van der Waals surface area (Å²) in [6, 6.07) is 5.99. The monoisotopic (exact) mass is 347 g/mol. The molecule has 25 heavy (non-hydrogen) atoms. The van der Waals surface area contributed by atoms with Gasteiger partial charge >= 0.3 is 0 Å². The first-order valence-corrected chi connectivity index (χ1v) is 9.11. The zero-order chi connectivity index (χ0) is 17.8. The minimum atomic E-state index is -0.341. The molecule has 6 heteroatoms. The molecule has 1 unspecified atom stereocenters. The molecule has 1 aromatic carbocycles. The highest BCUT2D eigenvalue weighted by Crippen LogP contribution is 2.17. The molecule has 136 valence electrons. The predicted molar refractivity (Wildman–Crippen MR) is 93.8 cm³/mol. The lowest BCUT2D eigenvalue weighted by Crippen LogP contribution is -2.53. The summed E-state index contributed by atoms with van der Waals surface area (Å²) in [4.78, 5) is 30.9. The number of rotatable bonds is 3. The number of benzene rings is 1. The molecule has 3 rings (SSSR count). The van der Waals surface area contributed by atoms with E-state index in [0.29, 0.717) is 44.3 Å². The maximum absolute atomic E-state index is 13.0. The lowest BCUT2D eigenvalue weighted by atomic mass is 10.0. The Balaban J connectivity index is 1.49. The van der Waals surface area contributed by atoms with Crippen LogP contribution in [-0.4, -0.2) is 71.8 Å². The average molecular weight is 347 g/mol. The van der Waals surface area contributed by atoms with E-state index in [4.69, 9.17) is 0 Å². The van der Waals surface area contributed by atoms with Gasteiger partial charge in [0.2, 0.25) is 5.91 Å². The van der Waals surface area contributed by atoms with Crippen LogP contribution in [0.25, 0.3) is 0 Å². The standard InChI is InChI=1S/C19H26FN3O2/c1-15-4-2-3-9-23(15)18(24)14-21-10-12-22(13-11-21)19(25)16-5-7-17(20)8-6-16/h5-8,15H,2-4,9-14H2,1H3. The molecule has 2 aliphatic rings. The number of hydrogen-bond acceptors (Lipinski definition) is 3. The normalized spacial score (nSPS) is 22.1. The number of piperazine rings is 1. The van der Waals surface area contributed by atoms with Crippen LogP contribution in [0.5, 0.6) is 0 Å². The van der Waals surface area contributed by atoms with Crippen molar-refractivity contribution in [2.24, 2.45) is 0 Å². The van der Waals surface area contributed by atoms with Gasteiger partial charge in [-0.2, -0.15) is 0 Å². The highest BCUT2D eigenvalue weighted by molar-refractivity contribution is 5.94. The van der Waals surface area contributed by atoms with Crippen molar-refractivity contribution < 1.29 is 14.0 Å². The maximum atomic E-state index is 13.0. The second-order valence-electron chi connectivity index (χ2n) is 7.01. The maximum Gasteiger partial charge on any atom is 0.253 e. The molecule has 0 aromatic heterocycles. The van der Waals surface area contributed by atoms with Crippen molar-refractivity contribution in [3.63, 3.8) is 0 Å². The molecular formula is C19H26FN3O2.